The molecule has 2 aliphatic rings. The standard InChI is InChI=1S/C24H28N4O5S/c1-32-23-8-7-21(34(30,31)28-13-15-33-16-14-28)17-22(23)24(29)27-10-2-9-26(11-12-27)20-5-3-19(18-25)4-6-20/h3-8,17H,2,9-16H2,1H3. The molecule has 1 amide bonds. The Morgan fingerprint density at radius 1 is 1.00 bits per heavy atom. The van der Waals surface area contributed by atoms with E-state index in [1.54, 1.807) is 23.1 Å². The van der Waals surface area contributed by atoms with Crippen molar-refractivity contribution in [3.63, 3.8) is 0 Å². The van der Waals surface area contributed by atoms with Crippen LogP contribution in [0.4, 0.5) is 5.69 Å². The van der Waals surface area contributed by atoms with Crippen LogP contribution in [0.25, 0.3) is 0 Å². The fourth-order valence-corrected chi connectivity index (χ4v) is 5.68. The highest BCUT2D eigenvalue weighted by molar-refractivity contribution is 7.89. The lowest BCUT2D eigenvalue weighted by Crippen LogP contribution is -2.40. The number of hydrogen-bond acceptors (Lipinski definition) is 7. The molecule has 0 spiro atoms. The van der Waals surface area contributed by atoms with Gasteiger partial charge in [-0.05, 0) is 48.9 Å². The lowest BCUT2D eigenvalue weighted by atomic mass is 10.1. The number of carbonyl (C=O) groups is 1. The van der Waals surface area contributed by atoms with Gasteiger partial charge in [-0.25, -0.2) is 8.42 Å². The van der Waals surface area contributed by atoms with Gasteiger partial charge in [-0.1, -0.05) is 0 Å². The molecule has 2 saturated heterocycles. The summed E-state index contributed by atoms with van der Waals surface area (Å²) in [4.78, 5) is 17.5. The Labute approximate surface area is 200 Å². The molecular formula is C24H28N4O5S. The fraction of sp³-hybridized carbons (Fsp3) is 0.417. The van der Waals surface area contributed by atoms with E-state index in [1.807, 2.05) is 12.1 Å². The maximum Gasteiger partial charge on any atom is 0.257 e. The zero-order valence-corrected chi connectivity index (χ0v) is 20.0. The van der Waals surface area contributed by atoms with E-state index < -0.39 is 10.0 Å². The van der Waals surface area contributed by atoms with Crippen LogP contribution in [0.5, 0.6) is 5.75 Å². The number of anilines is 1. The third-order valence-corrected chi connectivity index (χ3v) is 8.05. The fourth-order valence-electron chi connectivity index (χ4n) is 4.25. The molecule has 34 heavy (non-hydrogen) atoms. The highest BCUT2D eigenvalue weighted by Gasteiger charge is 2.29. The number of sulfonamides is 1. The Bertz CT molecular complexity index is 1170. The third-order valence-electron chi connectivity index (χ3n) is 6.15. The number of hydrogen-bond donors (Lipinski definition) is 0. The van der Waals surface area contributed by atoms with Crippen LogP contribution >= 0.6 is 0 Å². The third kappa shape index (κ3) is 5.01. The average molecular weight is 485 g/mol. The van der Waals surface area contributed by atoms with Gasteiger partial charge in [-0.15, -0.1) is 0 Å². The Hall–Kier alpha value is -3.13. The summed E-state index contributed by atoms with van der Waals surface area (Å²) in [5.41, 5.74) is 1.85. The molecule has 0 bridgehead atoms. The summed E-state index contributed by atoms with van der Waals surface area (Å²) in [6, 6.07) is 14.0. The number of rotatable bonds is 5. The molecule has 0 N–H and O–H groups in total. The first-order chi connectivity index (χ1) is 16.4. The van der Waals surface area contributed by atoms with Crippen LogP contribution in [0, 0.1) is 11.3 Å². The van der Waals surface area contributed by atoms with Crippen molar-refractivity contribution in [2.24, 2.45) is 0 Å². The van der Waals surface area contributed by atoms with E-state index >= 15 is 0 Å². The molecule has 2 aliphatic heterocycles. The first-order valence-corrected chi connectivity index (χ1v) is 12.7. The van der Waals surface area contributed by atoms with Crippen molar-refractivity contribution in [3.05, 3.63) is 53.6 Å². The maximum atomic E-state index is 13.5. The van der Waals surface area contributed by atoms with Gasteiger partial charge >= 0.3 is 0 Å². The number of nitriles is 1. The van der Waals surface area contributed by atoms with Crippen molar-refractivity contribution < 1.29 is 22.7 Å². The lowest BCUT2D eigenvalue weighted by molar-refractivity contribution is 0.0729. The molecule has 10 heteroatoms. The predicted octanol–water partition coefficient (Wildman–Crippen LogP) is 1.94. The average Bonchev–Trinajstić information content (AvgIpc) is 3.15. The van der Waals surface area contributed by atoms with Crippen LogP contribution in [0.15, 0.2) is 47.4 Å². The van der Waals surface area contributed by atoms with Crippen LogP contribution in [-0.2, 0) is 14.8 Å². The van der Waals surface area contributed by atoms with Crippen LogP contribution in [0.1, 0.15) is 22.3 Å². The van der Waals surface area contributed by atoms with E-state index in [-0.39, 0.29) is 29.5 Å². The Morgan fingerprint density at radius 3 is 2.41 bits per heavy atom. The molecule has 9 nitrogen and oxygen atoms in total. The minimum atomic E-state index is -3.74. The molecule has 0 atom stereocenters. The summed E-state index contributed by atoms with van der Waals surface area (Å²) >= 11 is 0. The first-order valence-electron chi connectivity index (χ1n) is 11.2. The van der Waals surface area contributed by atoms with Gasteiger partial charge in [0.2, 0.25) is 10.0 Å². The number of methoxy groups -OCH3 is 1. The summed E-state index contributed by atoms with van der Waals surface area (Å²) in [6.45, 7) is 3.72. The quantitative estimate of drug-likeness (QED) is 0.639. The van der Waals surface area contributed by atoms with Gasteiger partial charge in [-0.2, -0.15) is 9.57 Å². The molecule has 2 heterocycles. The molecule has 0 saturated carbocycles. The minimum Gasteiger partial charge on any atom is -0.496 e. The zero-order chi connectivity index (χ0) is 24.1. The molecule has 180 valence electrons. The van der Waals surface area contributed by atoms with Crippen molar-refractivity contribution >= 4 is 21.6 Å². The highest BCUT2D eigenvalue weighted by atomic mass is 32.2. The predicted molar refractivity (Wildman–Crippen MR) is 126 cm³/mol. The first kappa shape index (κ1) is 24.0. The Balaban J connectivity index is 1.53. The van der Waals surface area contributed by atoms with Crippen molar-refractivity contribution in [1.29, 1.82) is 5.26 Å². The molecule has 0 unspecified atom stereocenters. The number of morpholine rings is 1. The Morgan fingerprint density at radius 2 is 1.74 bits per heavy atom. The number of benzene rings is 2. The summed E-state index contributed by atoms with van der Waals surface area (Å²) in [5, 5.41) is 9.01. The van der Waals surface area contributed by atoms with E-state index in [9.17, 15) is 13.2 Å². The molecule has 0 aromatic heterocycles. The van der Waals surface area contributed by atoms with E-state index in [0.29, 0.717) is 44.2 Å². The smallest absolute Gasteiger partial charge is 0.257 e. The number of amides is 1. The van der Waals surface area contributed by atoms with Crippen LogP contribution in [0.3, 0.4) is 0 Å². The lowest BCUT2D eigenvalue weighted by Gasteiger charge is -2.27. The van der Waals surface area contributed by atoms with Crippen molar-refractivity contribution in [1.82, 2.24) is 9.21 Å². The molecule has 2 fully saturated rings. The van der Waals surface area contributed by atoms with Gasteiger partial charge in [0.15, 0.2) is 0 Å². The van der Waals surface area contributed by atoms with E-state index in [4.69, 9.17) is 14.7 Å². The molecule has 0 aliphatic carbocycles. The second-order valence-electron chi connectivity index (χ2n) is 8.17. The van der Waals surface area contributed by atoms with Gasteiger partial charge in [-0.3, -0.25) is 4.79 Å². The molecule has 4 rings (SSSR count). The minimum absolute atomic E-state index is 0.0765. The van der Waals surface area contributed by atoms with Gasteiger partial charge < -0.3 is 19.3 Å². The SMILES string of the molecule is COc1ccc(S(=O)(=O)N2CCOCC2)cc1C(=O)N1CCCN(c2ccc(C#N)cc2)CC1. The van der Waals surface area contributed by atoms with Crippen LogP contribution in [0.2, 0.25) is 0 Å². The number of nitrogens with zero attached hydrogens (tertiary/aromatic N) is 4. The topological polar surface area (TPSA) is 103 Å². The van der Waals surface area contributed by atoms with Crippen molar-refractivity contribution in [2.45, 2.75) is 11.3 Å². The van der Waals surface area contributed by atoms with Gasteiger partial charge in [0, 0.05) is 45.0 Å². The van der Waals surface area contributed by atoms with Gasteiger partial charge in [0.1, 0.15) is 5.75 Å². The summed E-state index contributed by atoms with van der Waals surface area (Å²) < 4.78 is 38.3. The molecule has 2 aromatic carbocycles. The van der Waals surface area contributed by atoms with E-state index in [0.717, 1.165) is 18.7 Å². The maximum absolute atomic E-state index is 13.5. The summed E-state index contributed by atoms with van der Waals surface area (Å²) in [5.74, 6) is 0.0941. The second kappa shape index (κ2) is 10.4. The van der Waals surface area contributed by atoms with Crippen LogP contribution < -0.4 is 9.64 Å². The summed E-state index contributed by atoms with van der Waals surface area (Å²) in [7, 11) is -2.27. The summed E-state index contributed by atoms with van der Waals surface area (Å²) in [6.07, 6.45) is 0.764. The highest BCUT2D eigenvalue weighted by Crippen LogP contribution is 2.27. The van der Waals surface area contributed by atoms with E-state index in [1.165, 1.54) is 23.5 Å². The van der Waals surface area contributed by atoms with Crippen molar-refractivity contribution in [3.8, 4) is 11.8 Å². The second-order valence-corrected chi connectivity index (χ2v) is 10.1. The van der Waals surface area contributed by atoms with Crippen LogP contribution in [-0.4, -0.2) is 83.1 Å². The zero-order valence-electron chi connectivity index (χ0n) is 19.1. The molecule has 2 aromatic rings. The van der Waals surface area contributed by atoms with Gasteiger partial charge in [0.05, 0.1) is 42.4 Å². The number of ether oxygens (including phenoxy) is 2. The monoisotopic (exact) mass is 484 g/mol. The number of carbonyl (C=O) groups excluding carboxylic acids is 1. The Kier molecular flexibility index (Phi) is 7.36. The largest absolute Gasteiger partial charge is 0.496 e. The van der Waals surface area contributed by atoms with Gasteiger partial charge in [0.25, 0.3) is 5.91 Å². The molecular weight excluding hydrogens is 456 g/mol. The normalized spacial score (nSPS) is 17.6. The molecule has 0 radical (unpaired) electrons. The van der Waals surface area contributed by atoms with Crippen molar-refractivity contribution in [2.75, 3.05) is 64.5 Å². The van der Waals surface area contributed by atoms with E-state index in [2.05, 4.69) is 11.0 Å².